The second-order valence-electron chi connectivity index (χ2n) is 5.13. The number of nitrogens with two attached hydrogens (primary N) is 1. The molecule has 3 nitrogen and oxygen atoms in total. The Morgan fingerprint density at radius 2 is 2.00 bits per heavy atom. The van der Waals surface area contributed by atoms with Gasteiger partial charge in [-0.05, 0) is 37.5 Å². The van der Waals surface area contributed by atoms with Gasteiger partial charge in [0.25, 0.3) is 0 Å². The van der Waals surface area contributed by atoms with Crippen LogP contribution in [0.1, 0.15) is 31.2 Å². The van der Waals surface area contributed by atoms with E-state index >= 15 is 0 Å². The molecule has 0 aromatic heterocycles. The van der Waals surface area contributed by atoms with E-state index in [1.54, 1.807) is 0 Å². The fourth-order valence-corrected chi connectivity index (χ4v) is 2.12. The summed E-state index contributed by atoms with van der Waals surface area (Å²) in [6.07, 6.45) is -2.32. The third-order valence-corrected chi connectivity index (χ3v) is 3.43. The van der Waals surface area contributed by atoms with Crippen molar-refractivity contribution in [2.24, 2.45) is 5.73 Å². The van der Waals surface area contributed by atoms with Gasteiger partial charge in [-0.25, -0.2) is 4.39 Å². The molecule has 0 heterocycles. The Kier molecular flexibility index (Phi) is 3.73. The fourth-order valence-electron chi connectivity index (χ4n) is 2.12. The number of nitrogens with one attached hydrogen (secondary N) is 1. The van der Waals surface area contributed by atoms with Crippen molar-refractivity contribution in [3.8, 4) is 0 Å². The van der Waals surface area contributed by atoms with E-state index in [1.165, 1.54) is 0 Å². The van der Waals surface area contributed by atoms with Gasteiger partial charge in [-0.15, -0.1) is 0 Å². The number of rotatable bonds is 3. The van der Waals surface area contributed by atoms with Gasteiger partial charge in [0.15, 0.2) is 0 Å². The molecule has 0 radical (unpaired) electrons. The van der Waals surface area contributed by atoms with Crippen LogP contribution in [0.4, 0.5) is 23.2 Å². The molecule has 1 aromatic carbocycles. The van der Waals surface area contributed by atoms with Gasteiger partial charge in [0.05, 0.1) is 11.3 Å². The van der Waals surface area contributed by atoms with E-state index in [9.17, 15) is 22.4 Å². The first-order chi connectivity index (χ1) is 9.20. The lowest BCUT2D eigenvalue weighted by Gasteiger charge is -2.37. The molecule has 3 N–H and O–H groups in total. The average molecular weight is 290 g/mol. The van der Waals surface area contributed by atoms with Crippen molar-refractivity contribution in [1.29, 1.82) is 0 Å². The molecule has 2 rings (SSSR count). The Morgan fingerprint density at radius 3 is 2.50 bits per heavy atom. The highest BCUT2D eigenvalue weighted by Gasteiger charge is 2.35. The molecule has 1 aliphatic rings. The molecular weight excluding hydrogens is 276 g/mol. The van der Waals surface area contributed by atoms with Crippen LogP contribution in [0.5, 0.6) is 0 Å². The highest BCUT2D eigenvalue weighted by atomic mass is 19.4. The number of alkyl halides is 3. The van der Waals surface area contributed by atoms with E-state index < -0.39 is 34.7 Å². The molecule has 0 unspecified atom stereocenters. The van der Waals surface area contributed by atoms with Crippen LogP contribution in [0.3, 0.4) is 0 Å². The van der Waals surface area contributed by atoms with Gasteiger partial charge < -0.3 is 11.1 Å². The van der Waals surface area contributed by atoms with Crippen LogP contribution in [-0.2, 0) is 11.0 Å². The molecule has 1 aromatic rings. The van der Waals surface area contributed by atoms with Gasteiger partial charge in [0.1, 0.15) is 5.82 Å². The van der Waals surface area contributed by atoms with Crippen molar-refractivity contribution in [2.75, 3.05) is 5.32 Å². The normalized spacial score (nSPS) is 17.4. The van der Waals surface area contributed by atoms with E-state index in [1.807, 2.05) is 0 Å². The lowest BCUT2D eigenvalue weighted by atomic mass is 9.75. The minimum Gasteiger partial charge on any atom is -0.325 e. The van der Waals surface area contributed by atoms with Crippen molar-refractivity contribution in [3.63, 3.8) is 0 Å². The third kappa shape index (κ3) is 3.27. The summed E-state index contributed by atoms with van der Waals surface area (Å²) >= 11 is 0. The van der Waals surface area contributed by atoms with Gasteiger partial charge in [-0.3, -0.25) is 4.79 Å². The molecule has 20 heavy (non-hydrogen) atoms. The molecule has 0 atom stereocenters. The van der Waals surface area contributed by atoms with Gasteiger partial charge in [-0.2, -0.15) is 13.2 Å². The maximum atomic E-state index is 13.4. The molecule has 7 heteroatoms. The van der Waals surface area contributed by atoms with Crippen LogP contribution in [-0.4, -0.2) is 11.4 Å². The first-order valence-electron chi connectivity index (χ1n) is 6.15. The van der Waals surface area contributed by atoms with Crippen molar-refractivity contribution >= 4 is 11.6 Å². The van der Waals surface area contributed by atoms with E-state index in [0.29, 0.717) is 31.0 Å². The molecule has 0 bridgehead atoms. The lowest BCUT2D eigenvalue weighted by molar-refractivity contribution is -0.137. The zero-order valence-electron chi connectivity index (χ0n) is 10.6. The summed E-state index contributed by atoms with van der Waals surface area (Å²) in [6, 6.07) is 1.89. The Hall–Kier alpha value is -1.63. The van der Waals surface area contributed by atoms with Crippen LogP contribution in [0.15, 0.2) is 18.2 Å². The van der Waals surface area contributed by atoms with Gasteiger partial charge in [0, 0.05) is 12.0 Å². The molecule has 1 fully saturated rings. The number of halogens is 4. The number of carbonyl (C=O) groups excluding carboxylic acids is 1. The van der Waals surface area contributed by atoms with Crippen LogP contribution < -0.4 is 11.1 Å². The molecule has 0 aliphatic heterocycles. The number of carbonyl (C=O) groups is 1. The molecular formula is C13H14F4N2O. The predicted molar refractivity (Wildman–Crippen MR) is 65.4 cm³/mol. The van der Waals surface area contributed by atoms with Crippen molar-refractivity contribution < 1.29 is 22.4 Å². The Bertz CT molecular complexity index is 524. The maximum Gasteiger partial charge on any atom is 0.416 e. The SMILES string of the molecule is NC1(CC(=O)Nc2cc(C(F)(F)F)ccc2F)CCC1. The standard InChI is InChI=1S/C13H14F4N2O/c14-9-3-2-8(13(15,16)17)6-10(9)19-11(20)7-12(18)4-1-5-12/h2-3,6H,1,4-5,7,18H2,(H,19,20). The van der Waals surface area contributed by atoms with E-state index in [2.05, 4.69) is 5.32 Å². The molecule has 110 valence electrons. The maximum absolute atomic E-state index is 13.4. The lowest BCUT2D eigenvalue weighted by Crippen LogP contribution is -2.49. The topological polar surface area (TPSA) is 55.1 Å². The summed E-state index contributed by atoms with van der Waals surface area (Å²) in [5, 5.41) is 2.15. The zero-order valence-corrected chi connectivity index (χ0v) is 10.6. The minimum atomic E-state index is -4.59. The summed E-state index contributed by atoms with van der Waals surface area (Å²) in [5.74, 6) is -1.49. The van der Waals surface area contributed by atoms with Gasteiger partial charge in [0.2, 0.25) is 5.91 Å². The number of hydrogen-bond donors (Lipinski definition) is 2. The summed E-state index contributed by atoms with van der Waals surface area (Å²) in [7, 11) is 0. The van der Waals surface area contributed by atoms with Crippen LogP contribution in [0.25, 0.3) is 0 Å². The second-order valence-corrected chi connectivity index (χ2v) is 5.13. The smallest absolute Gasteiger partial charge is 0.325 e. The van der Waals surface area contributed by atoms with E-state index in [-0.39, 0.29) is 6.42 Å². The Balaban J connectivity index is 2.10. The molecule has 1 saturated carbocycles. The molecule has 0 saturated heterocycles. The largest absolute Gasteiger partial charge is 0.416 e. The van der Waals surface area contributed by atoms with Crippen molar-refractivity contribution in [3.05, 3.63) is 29.6 Å². The quantitative estimate of drug-likeness (QED) is 0.841. The van der Waals surface area contributed by atoms with Crippen LogP contribution in [0, 0.1) is 5.82 Å². The number of amides is 1. The van der Waals surface area contributed by atoms with Crippen molar-refractivity contribution in [1.82, 2.24) is 0 Å². The highest BCUT2D eigenvalue weighted by molar-refractivity contribution is 5.91. The predicted octanol–water partition coefficient (Wildman–Crippen LogP) is 3.05. The zero-order chi connectivity index (χ0) is 15.0. The Labute approximate surface area is 113 Å². The van der Waals surface area contributed by atoms with Gasteiger partial charge in [-0.1, -0.05) is 0 Å². The molecule has 0 spiro atoms. The van der Waals surface area contributed by atoms with Gasteiger partial charge >= 0.3 is 6.18 Å². The monoisotopic (exact) mass is 290 g/mol. The van der Waals surface area contributed by atoms with Crippen LogP contribution >= 0.6 is 0 Å². The second kappa shape index (κ2) is 5.05. The molecule has 1 aliphatic carbocycles. The minimum absolute atomic E-state index is 0.0251. The van der Waals surface area contributed by atoms with E-state index in [0.717, 1.165) is 6.42 Å². The first kappa shape index (κ1) is 14.8. The summed E-state index contributed by atoms with van der Waals surface area (Å²) in [6.45, 7) is 0. The summed E-state index contributed by atoms with van der Waals surface area (Å²) in [5.41, 5.74) is 3.76. The number of anilines is 1. The van der Waals surface area contributed by atoms with Crippen molar-refractivity contribution in [2.45, 2.75) is 37.4 Å². The third-order valence-electron chi connectivity index (χ3n) is 3.43. The average Bonchev–Trinajstić information content (AvgIpc) is 2.28. The van der Waals surface area contributed by atoms with E-state index in [4.69, 9.17) is 5.73 Å². The Morgan fingerprint density at radius 1 is 1.35 bits per heavy atom. The van der Waals surface area contributed by atoms with Crippen LogP contribution in [0.2, 0.25) is 0 Å². The highest BCUT2D eigenvalue weighted by Crippen LogP contribution is 2.34. The number of hydrogen-bond acceptors (Lipinski definition) is 2. The fraction of sp³-hybridized carbons (Fsp3) is 0.462. The first-order valence-corrected chi connectivity index (χ1v) is 6.15. The molecule has 1 amide bonds. The summed E-state index contributed by atoms with van der Waals surface area (Å²) < 4.78 is 51.0. The summed E-state index contributed by atoms with van der Waals surface area (Å²) in [4.78, 5) is 11.7. The number of benzene rings is 1.